The summed E-state index contributed by atoms with van der Waals surface area (Å²) in [5.74, 6) is -1.80. The average molecular weight is 282 g/mol. The number of halogens is 2. The second kappa shape index (κ2) is 5.96. The van der Waals surface area contributed by atoms with Crippen molar-refractivity contribution in [3.8, 4) is 0 Å². The smallest absolute Gasteiger partial charge is 0.309 e. The zero-order chi connectivity index (χ0) is 14.7. The molecule has 2 rings (SSSR count). The van der Waals surface area contributed by atoms with Crippen LogP contribution in [0.15, 0.2) is 29.3 Å². The van der Waals surface area contributed by atoms with E-state index in [0.717, 1.165) is 6.07 Å². The molecule has 5 nitrogen and oxygen atoms in total. The van der Waals surface area contributed by atoms with Gasteiger partial charge in [0.1, 0.15) is 6.33 Å². The fraction of sp³-hybridized carbons (Fsp3) is 0.385. The van der Waals surface area contributed by atoms with E-state index in [-0.39, 0.29) is 17.8 Å². The van der Waals surface area contributed by atoms with Crippen LogP contribution in [0, 0.1) is 11.6 Å². The van der Waals surface area contributed by atoms with Crippen LogP contribution in [0.3, 0.4) is 0 Å². The molecular weight excluding hydrogens is 266 g/mol. The Morgan fingerprint density at radius 3 is 2.75 bits per heavy atom. The minimum absolute atomic E-state index is 0.133. The van der Waals surface area contributed by atoms with E-state index < -0.39 is 17.7 Å². The molecule has 108 valence electrons. The van der Waals surface area contributed by atoms with Crippen molar-refractivity contribution in [1.82, 2.24) is 19.7 Å². The first kappa shape index (κ1) is 14.4. The summed E-state index contributed by atoms with van der Waals surface area (Å²) in [6, 6.07) is 3.48. The number of aryl methyl sites for hydroxylation is 1. The maximum Gasteiger partial charge on any atom is 0.345 e. The van der Waals surface area contributed by atoms with E-state index in [1.54, 1.807) is 7.05 Å². The molecule has 7 heteroatoms. The Morgan fingerprint density at radius 1 is 1.40 bits per heavy atom. The van der Waals surface area contributed by atoms with Gasteiger partial charge in [-0.3, -0.25) is 4.57 Å². The second-order valence-corrected chi connectivity index (χ2v) is 4.46. The van der Waals surface area contributed by atoms with Crippen LogP contribution in [-0.2, 0) is 13.6 Å². The number of likely N-dealkylation sites (N-methyl/N-ethyl adjacent to an activating group) is 1. The fourth-order valence-electron chi connectivity index (χ4n) is 2.03. The molecule has 0 bridgehead atoms. The van der Waals surface area contributed by atoms with E-state index in [4.69, 9.17) is 0 Å². The highest BCUT2D eigenvalue weighted by atomic mass is 19.2. The summed E-state index contributed by atoms with van der Waals surface area (Å²) in [5, 5.41) is 6.96. The summed E-state index contributed by atoms with van der Waals surface area (Å²) in [4.78, 5) is 11.8. The summed E-state index contributed by atoms with van der Waals surface area (Å²) < 4.78 is 29.7. The third kappa shape index (κ3) is 2.77. The number of hydrogen-bond acceptors (Lipinski definition) is 3. The molecule has 1 N–H and O–H groups in total. The highest BCUT2D eigenvalue weighted by Gasteiger charge is 2.19. The molecule has 0 radical (unpaired) electrons. The van der Waals surface area contributed by atoms with Gasteiger partial charge in [0.05, 0.1) is 12.6 Å². The van der Waals surface area contributed by atoms with Crippen LogP contribution in [0.5, 0.6) is 0 Å². The van der Waals surface area contributed by atoms with E-state index in [0.29, 0.717) is 6.54 Å². The monoisotopic (exact) mass is 282 g/mol. The normalized spacial score (nSPS) is 12.6. The van der Waals surface area contributed by atoms with Crippen LogP contribution < -0.4 is 11.0 Å². The molecule has 1 unspecified atom stereocenters. The summed E-state index contributed by atoms with van der Waals surface area (Å²) in [7, 11) is 1.58. The third-order valence-electron chi connectivity index (χ3n) is 3.05. The van der Waals surface area contributed by atoms with Crippen LogP contribution >= 0.6 is 0 Å². The van der Waals surface area contributed by atoms with Gasteiger partial charge in [-0.05, 0) is 12.6 Å². The van der Waals surface area contributed by atoms with Crippen molar-refractivity contribution in [1.29, 1.82) is 0 Å². The van der Waals surface area contributed by atoms with Gasteiger partial charge in [-0.25, -0.2) is 18.3 Å². The van der Waals surface area contributed by atoms with Gasteiger partial charge in [0, 0.05) is 12.6 Å². The van der Waals surface area contributed by atoms with E-state index in [1.807, 2.05) is 6.92 Å². The molecule has 0 aliphatic carbocycles. The highest BCUT2D eigenvalue weighted by Crippen LogP contribution is 2.20. The van der Waals surface area contributed by atoms with E-state index in [2.05, 4.69) is 10.4 Å². The highest BCUT2D eigenvalue weighted by molar-refractivity contribution is 5.22. The molecule has 0 aliphatic heterocycles. The molecule has 0 spiro atoms. The number of rotatable bonds is 5. The largest absolute Gasteiger partial charge is 0.345 e. The zero-order valence-corrected chi connectivity index (χ0v) is 11.3. The average Bonchev–Trinajstić information content (AvgIpc) is 2.73. The van der Waals surface area contributed by atoms with Crippen LogP contribution in [0.4, 0.5) is 8.78 Å². The Labute approximate surface area is 114 Å². The molecular formula is C13H16F2N4O. The first-order valence-corrected chi connectivity index (χ1v) is 6.30. The molecule has 0 aliphatic rings. The molecule has 2 aromatic rings. The maximum atomic E-state index is 13.9. The quantitative estimate of drug-likeness (QED) is 0.897. The van der Waals surface area contributed by atoms with Crippen LogP contribution in [0.25, 0.3) is 0 Å². The molecule has 0 amide bonds. The minimum Gasteiger partial charge on any atom is -0.309 e. The summed E-state index contributed by atoms with van der Waals surface area (Å²) in [5.41, 5.74) is -0.117. The molecule has 0 saturated carbocycles. The van der Waals surface area contributed by atoms with Crippen LogP contribution in [0.2, 0.25) is 0 Å². The van der Waals surface area contributed by atoms with Gasteiger partial charge in [0.15, 0.2) is 11.6 Å². The lowest BCUT2D eigenvalue weighted by atomic mass is 10.1. The first-order chi connectivity index (χ1) is 9.54. The Balaban J connectivity index is 2.34. The molecule has 0 saturated heterocycles. The maximum absolute atomic E-state index is 13.9. The molecule has 1 aromatic carbocycles. The molecule has 1 heterocycles. The lowest BCUT2D eigenvalue weighted by Gasteiger charge is -2.18. The Morgan fingerprint density at radius 2 is 2.15 bits per heavy atom. The molecule has 20 heavy (non-hydrogen) atoms. The van der Waals surface area contributed by atoms with E-state index in [1.165, 1.54) is 27.7 Å². The van der Waals surface area contributed by atoms with Gasteiger partial charge in [0.25, 0.3) is 0 Å². The van der Waals surface area contributed by atoms with Crippen molar-refractivity contribution in [2.24, 2.45) is 7.05 Å². The van der Waals surface area contributed by atoms with Gasteiger partial charge in [-0.2, -0.15) is 5.10 Å². The lowest BCUT2D eigenvalue weighted by Crippen LogP contribution is -2.32. The molecule has 0 fully saturated rings. The zero-order valence-electron chi connectivity index (χ0n) is 11.3. The van der Waals surface area contributed by atoms with E-state index in [9.17, 15) is 13.6 Å². The molecule has 1 atom stereocenters. The summed E-state index contributed by atoms with van der Waals surface area (Å²) >= 11 is 0. The Kier molecular flexibility index (Phi) is 4.29. The summed E-state index contributed by atoms with van der Waals surface area (Å²) in [6.45, 7) is 2.54. The predicted octanol–water partition coefficient (Wildman–Crippen LogP) is 1.21. The number of hydrogen-bond donors (Lipinski definition) is 1. The number of nitrogens with zero attached hydrogens (tertiary/aromatic N) is 3. The van der Waals surface area contributed by atoms with Crippen molar-refractivity contribution in [3.63, 3.8) is 0 Å². The van der Waals surface area contributed by atoms with Crippen LogP contribution in [0.1, 0.15) is 18.5 Å². The standard InChI is InChI=1S/C13H16F2N4O/c1-3-16-11(7-19-13(20)18(2)8-17-19)9-5-4-6-10(14)12(9)15/h4-6,8,11,16H,3,7H2,1-2H3. The Bertz CT molecular complexity index is 650. The van der Waals surface area contributed by atoms with Crippen molar-refractivity contribution in [2.75, 3.05) is 6.54 Å². The van der Waals surface area contributed by atoms with Crippen molar-refractivity contribution in [2.45, 2.75) is 19.5 Å². The van der Waals surface area contributed by atoms with Crippen molar-refractivity contribution >= 4 is 0 Å². The second-order valence-electron chi connectivity index (χ2n) is 4.46. The Hall–Kier alpha value is -2.02. The van der Waals surface area contributed by atoms with Gasteiger partial charge in [-0.1, -0.05) is 19.1 Å². The summed E-state index contributed by atoms with van der Waals surface area (Å²) in [6.07, 6.45) is 1.38. The number of nitrogens with one attached hydrogen (secondary N) is 1. The fourth-order valence-corrected chi connectivity index (χ4v) is 2.03. The predicted molar refractivity (Wildman–Crippen MR) is 70.2 cm³/mol. The van der Waals surface area contributed by atoms with E-state index >= 15 is 0 Å². The van der Waals surface area contributed by atoms with Crippen molar-refractivity contribution in [3.05, 3.63) is 52.2 Å². The first-order valence-electron chi connectivity index (χ1n) is 6.30. The van der Waals surface area contributed by atoms with Crippen LogP contribution in [-0.4, -0.2) is 20.9 Å². The van der Waals surface area contributed by atoms with Gasteiger partial charge < -0.3 is 5.32 Å². The number of aromatic nitrogens is 3. The third-order valence-corrected chi connectivity index (χ3v) is 3.05. The van der Waals surface area contributed by atoms with Gasteiger partial charge in [-0.15, -0.1) is 0 Å². The number of benzene rings is 1. The van der Waals surface area contributed by atoms with Gasteiger partial charge >= 0.3 is 5.69 Å². The van der Waals surface area contributed by atoms with Gasteiger partial charge in [0.2, 0.25) is 0 Å². The topological polar surface area (TPSA) is 51.9 Å². The lowest BCUT2D eigenvalue weighted by molar-refractivity contribution is 0.410. The molecule has 1 aromatic heterocycles. The SMILES string of the molecule is CCNC(Cn1ncn(C)c1=O)c1cccc(F)c1F. The van der Waals surface area contributed by atoms with Crippen molar-refractivity contribution < 1.29 is 8.78 Å². The minimum atomic E-state index is -0.904.